The lowest BCUT2D eigenvalue weighted by molar-refractivity contribution is -0.136. The lowest BCUT2D eigenvalue weighted by Crippen LogP contribution is -2.54. The zero-order valence-electron chi connectivity index (χ0n) is 13.7. The molecular formula is C17H14N4O5. The van der Waals surface area contributed by atoms with Crippen LogP contribution in [0.3, 0.4) is 0 Å². The van der Waals surface area contributed by atoms with E-state index >= 15 is 0 Å². The van der Waals surface area contributed by atoms with Crippen molar-refractivity contribution >= 4 is 23.6 Å². The summed E-state index contributed by atoms with van der Waals surface area (Å²) in [7, 11) is 1.73. The molecule has 2 aliphatic heterocycles. The summed E-state index contributed by atoms with van der Waals surface area (Å²) in [6.45, 7) is 0. The van der Waals surface area contributed by atoms with E-state index in [0.29, 0.717) is 11.3 Å². The number of hydrogen-bond donors (Lipinski definition) is 2. The highest BCUT2D eigenvalue weighted by Crippen LogP contribution is 2.36. The number of aryl methyl sites for hydroxylation is 1. The van der Waals surface area contributed by atoms with E-state index in [-0.39, 0.29) is 29.7 Å². The van der Waals surface area contributed by atoms with Crippen molar-refractivity contribution in [2.75, 3.05) is 0 Å². The minimum atomic E-state index is -1.07. The third-order valence-corrected chi connectivity index (χ3v) is 4.53. The lowest BCUT2D eigenvalue weighted by Gasteiger charge is -2.27. The predicted molar refractivity (Wildman–Crippen MR) is 87.0 cm³/mol. The van der Waals surface area contributed by atoms with Crippen molar-refractivity contribution in [1.82, 2.24) is 20.0 Å². The number of rotatable bonds is 2. The standard InChI is InChI=1S/C17H14N4O5/c1-20-5-4-10(19-20)8-6-9-14(12(22)7-8)17(26)21(16(9)25)11-2-3-13(23)18-15(11)24/h4-7,11,22H,2-3H2,1H3,(H,18,23,24). The molecule has 132 valence electrons. The Balaban J connectivity index is 1.75. The molecule has 1 atom stereocenters. The van der Waals surface area contributed by atoms with Gasteiger partial charge in [0.1, 0.15) is 11.8 Å². The molecule has 2 aromatic rings. The van der Waals surface area contributed by atoms with Gasteiger partial charge < -0.3 is 5.11 Å². The summed E-state index contributed by atoms with van der Waals surface area (Å²) in [5.74, 6) is -2.91. The SMILES string of the molecule is Cn1ccc(-c2cc(O)c3c(c2)C(=O)N(C2CCC(=O)NC2=O)C3=O)n1. The first-order valence-corrected chi connectivity index (χ1v) is 7.95. The van der Waals surface area contributed by atoms with Crippen LogP contribution in [0.5, 0.6) is 5.75 Å². The second-order valence-corrected chi connectivity index (χ2v) is 6.24. The molecule has 26 heavy (non-hydrogen) atoms. The first-order chi connectivity index (χ1) is 12.4. The van der Waals surface area contributed by atoms with E-state index in [1.807, 2.05) is 0 Å². The van der Waals surface area contributed by atoms with Crippen LogP contribution in [0.4, 0.5) is 0 Å². The highest BCUT2D eigenvalue weighted by Gasteiger charge is 2.46. The molecule has 0 aliphatic carbocycles. The van der Waals surface area contributed by atoms with E-state index in [9.17, 15) is 24.3 Å². The predicted octanol–water partition coefficient (Wildman–Crippen LogP) is 0.194. The molecule has 1 aromatic heterocycles. The van der Waals surface area contributed by atoms with Crippen molar-refractivity contribution in [3.05, 3.63) is 35.5 Å². The van der Waals surface area contributed by atoms with Crippen LogP contribution in [0, 0.1) is 0 Å². The number of imide groups is 2. The Morgan fingerprint density at radius 3 is 2.62 bits per heavy atom. The number of carbonyl (C=O) groups is 4. The van der Waals surface area contributed by atoms with Crippen molar-refractivity contribution in [1.29, 1.82) is 0 Å². The Morgan fingerprint density at radius 2 is 1.96 bits per heavy atom. The molecule has 1 unspecified atom stereocenters. The summed E-state index contributed by atoms with van der Waals surface area (Å²) >= 11 is 0. The number of benzene rings is 1. The van der Waals surface area contributed by atoms with Crippen LogP contribution >= 0.6 is 0 Å². The third kappa shape index (κ3) is 2.28. The van der Waals surface area contributed by atoms with Crippen molar-refractivity contribution in [3.8, 4) is 17.0 Å². The van der Waals surface area contributed by atoms with Gasteiger partial charge >= 0.3 is 0 Å². The Kier molecular flexibility index (Phi) is 3.39. The van der Waals surface area contributed by atoms with Crippen LogP contribution < -0.4 is 5.32 Å². The van der Waals surface area contributed by atoms with Crippen LogP contribution in [0.25, 0.3) is 11.3 Å². The van der Waals surface area contributed by atoms with Gasteiger partial charge in [-0.15, -0.1) is 0 Å². The fourth-order valence-corrected chi connectivity index (χ4v) is 3.29. The lowest BCUT2D eigenvalue weighted by atomic mass is 10.0. The molecule has 3 heterocycles. The molecule has 9 heteroatoms. The number of phenols is 1. The summed E-state index contributed by atoms with van der Waals surface area (Å²) in [5, 5.41) is 16.6. The van der Waals surface area contributed by atoms with Gasteiger partial charge in [0, 0.05) is 25.2 Å². The number of carbonyl (C=O) groups excluding carboxylic acids is 4. The molecule has 9 nitrogen and oxygen atoms in total. The molecule has 1 saturated heterocycles. The molecule has 0 bridgehead atoms. The Morgan fingerprint density at radius 1 is 1.19 bits per heavy atom. The summed E-state index contributed by atoms with van der Waals surface area (Å²) in [6.07, 6.45) is 1.81. The van der Waals surface area contributed by atoms with Crippen LogP contribution in [0.15, 0.2) is 24.4 Å². The minimum absolute atomic E-state index is 0.0142. The van der Waals surface area contributed by atoms with Gasteiger partial charge in [-0.3, -0.25) is 34.1 Å². The zero-order valence-corrected chi connectivity index (χ0v) is 13.7. The second kappa shape index (κ2) is 5.51. The summed E-state index contributed by atoms with van der Waals surface area (Å²) in [4.78, 5) is 49.6. The van der Waals surface area contributed by atoms with Gasteiger partial charge in [-0.05, 0) is 24.6 Å². The molecular weight excluding hydrogens is 340 g/mol. The van der Waals surface area contributed by atoms with Crippen molar-refractivity contribution in [2.45, 2.75) is 18.9 Å². The fourth-order valence-electron chi connectivity index (χ4n) is 3.29. The maximum Gasteiger partial charge on any atom is 0.266 e. The van der Waals surface area contributed by atoms with Crippen molar-refractivity contribution < 1.29 is 24.3 Å². The van der Waals surface area contributed by atoms with Gasteiger partial charge in [-0.25, -0.2) is 0 Å². The maximum absolute atomic E-state index is 12.8. The number of aromatic nitrogens is 2. The van der Waals surface area contributed by atoms with Crippen LogP contribution in [0.2, 0.25) is 0 Å². The number of amides is 4. The second-order valence-electron chi connectivity index (χ2n) is 6.24. The quantitative estimate of drug-likeness (QED) is 0.743. The van der Waals surface area contributed by atoms with Gasteiger partial charge in [0.05, 0.1) is 16.8 Å². The smallest absolute Gasteiger partial charge is 0.266 e. The van der Waals surface area contributed by atoms with E-state index in [1.54, 1.807) is 24.0 Å². The monoisotopic (exact) mass is 354 g/mol. The summed E-state index contributed by atoms with van der Waals surface area (Å²) in [6, 6.07) is 3.47. The van der Waals surface area contributed by atoms with E-state index in [1.165, 1.54) is 12.1 Å². The molecule has 1 aromatic carbocycles. The van der Waals surface area contributed by atoms with Crippen molar-refractivity contribution in [3.63, 3.8) is 0 Å². The minimum Gasteiger partial charge on any atom is -0.507 e. The number of hydrogen-bond acceptors (Lipinski definition) is 6. The van der Waals surface area contributed by atoms with Crippen molar-refractivity contribution in [2.24, 2.45) is 7.05 Å². The number of piperidine rings is 1. The van der Waals surface area contributed by atoms with Crippen LogP contribution in [0.1, 0.15) is 33.6 Å². The Bertz CT molecular complexity index is 993. The maximum atomic E-state index is 12.8. The van der Waals surface area contributed by atoms with Gasteiger partial charge in [-0.1, -0.05) is 0 Å². The van der Waals surface area contributed by atoms with Crippen LogP contribution in [-0.4, -0.2) is 49.5 Å². The third-order valence-electron chi connectivity index (χ3n) is 4.53. The van der Waals surface area contributed by atoms with E-state index in [2.05, 4.69) is 10.4 Å². The van der Waals surface area contributed by atoms with Gasteiger partial charge in [0.15, 0.2) is 0 Å². The van der Waals surface area contributed by atoms with Crippen LogP contribution in [-0.2, 0) is 16.6 Å². The summed E-state index contributed by atoms with van der Waals surface area (Å²) in [5.41, 5.74) is 0.887. The zero-order chi connectivity index (χ0) is 18.6. The molecule has 4 amide bonds. The highest BCUT2D eigenvalue weighted by atomic mass is 16.3. The average Bonchev–Trinajstić information content (AvgIpc) is 3.11. The first-order valence-electron chi connectivity index (χ1n) is 7.95. The Hall–Kier alpha value is -3.49. The number of nitrogens with zero attached hydrogens (tertiary/aromatic N) is 3. The molecule has 0 saturated carbocycles. The topological polar surface area (TPSA) is 122 Å². The highest BCUT2D eigenvalue weighted by molar-refractivity contribution is 6.25. The molecule has 2 aliphatic rings. The van der Waals surface area contributed by atoms with E-state index in [0.717, 1.165) is 4.90 Å². The van der Waals surface area contributed by atoms with E-state index in [4.69, 9.17) is 0 Å². The fraction of sp³-hybridized carbons (Fsp3) is 0.235. The molecule has 0 spiro atoms. The molecule has 2 N–H and O–H groups in total. The number of phenolic OH excluding ortho intramolecular Hbond substituents is 1. The number of aromatic hydroxyl groups is 1. The number of fused-ring (bicyclic) bond motifs is 1. The first kappa shape index (κ1) is 16.0. The normalized spacial score (nSPS) is 19.7. The molecule has 4 rings (SSSR count). The van der Waals surface area contributed by atoms with Gasteiger partial charge in [-0.2, -0.15) is 5.10 Å². The molecule has 0 radical (unpaired) electrons. The number of nitrogens with one attached hydrogen (secondary N) is 1. The largest absolute Gasteiger partial charge is 0.507 e. The Labute approximate surface area is 147 Å². The average molecular weight is 354 g/mol. The molecule has 1 fully saturated rings. The van der Waals surface area contributed by atoms with Gasteiger partial charge in [0.2, 0.25) is 11.8 Å². The summed E-state index contributed by atoms with van der Waals surface area (Å²) < 4.78 is 1.57. The van der Waals surface area contributed by atoms with E-state index < -0.39 is 29.7 Å². The van der Waals surface area contributed by atoms with Gasteiger partial charge in [0.25, 0.3) is 11.8 Å².